The van der Waals surface area contributed by atoms with Gasteiger partial charge in [-0.05, 0) is 43.4 Å². The van der Waals surface area contributed by atoms with Crippen LogP contribution in [-0.2, 0) is 0 Å². The van der Waals surface area contributed by atoms with Crippen molar-refractivity contribution >= 4 is 17.7 Å². The molecule has 0 unspecified atom stereocenters. The average Bonchev–Trinajstić information content (AvgIpc) is 2.83. The van der Waals surface area contributed by atoms with Crippen molar-refractivity contribution < 1.29 is 9.66 Å². The van der Waals surface area contributed by atoms with E-state index < -0.39 is 4.92 Å². The Morgan fingerprint density at radius 1 is 1.39 bits per heavy atom. The highest BCUT2D eigenvalue weighted by Gasteiger charge is 2.17. The Hall–Kier alpha value is -1.55. The van der Waals surface area contributed by atoms with Crippen LogP contribution in [0.25, 0.3) is 6.08 Å². The van der Waals surface area contributed by atoms with E-state index in [-0.39, 0.29) is 6.10 Å². The van der Waals surface area contributed by atoms with Crippen molar-refractivity contribution in [2.75, 3.05) is 0 Å². The van der Waals surface area contributed by atoms with Gasteiger partial charge in [-0.2, -0.15) is 0 Å². The zero-order valence-corrected chi connectivity index (χ0v) is 10.6. The average molecular weight is 268 g/mol. The predicted octanol–water partition coefficient (Wildman–Crippen LogP) is 3.91. The van der Waals surface area contributed by atoms with Crippen molar-refractivity contribution in [1.82, 2.24) is 0 Å². The van der Waals surface area contributed by atoms with E-state index in [0.29, 0.717) is 16.3 Å². The van der Waals surface area contributed by atoms with Gasteiger partial charge in [-0.1, -0.05) is 17.7 Å². The van der Waals surface area contributed by atoms with Crippen LogP contribution in [0, 0.1) is 10.1 Å². The molecule has 0 saturated heterocycles. The van der Waals surface area contributed by atoms with Gasteiger partial charge in [-0.25, -0.2) is 0 Å². The molecule has 0 radical (unpaired) electrons. The quantitative estimate of drug-likeness (QED) is 0.614. The topological polar surface area (TPSA) is 52.4 Å². The normalized spacial score (nSPS) is 16.3. The van der Waals surface area contributed by atoms with Crippen molar-refractivity contribution in [3.8, 4) is 5.75 Å². The van der Waals surface area contributed by atoms with Crippen LogP contribution in [-0.4, -0.2) is 11.0 Å². The first-order valence-electron chi connectivity index (χ1n) is 5.93. The second-order valence-electron chi connectivity index (χ2n) is 4.32. The molecule has 0 N–H and O–H groups in total. The minimum atomic E-state index is -0.494. The molecule has 1 saturated carbocycles. The van der Waals surface area contributed by atoms with Crippen LogP contribution in [0.5, 0.6) is 5.75 Å². The van der Waals surface area contributed by atoms with Gasteiger partial charge in [-0.3, -0.25) is 10.1 Å². The summed E-state index contributed by atoms with van der Waals surface area (Å²) in [4.78, 5) is 9.77. The molecule has 0 aliphatic heterocycles. The van der Waals surface area contributed by atoms with E-state index in [1.807, 2.05) is 0 Å². The number of hydrogen-bond acceptors (Lipinski definition) is 3. The monoisotopic (exact) mass is 267 g/mol. The first kappa shape index (κ1) is 12.9. The van der Waals surface area contributed by atoms with Crippen LogP contribution in [0.4, 0.5) is 0 Å². The van der Waals surface area contributed by atoms with Crippen molar-refractivity contribution in [1.29, 1.82) is 0 Å². The highest BCUT2D eigenvalue weighted by Crippen LogP contribution is 2.30. The smallest absolute Gasteiger partial charge is 0.235 e. The largest absolute Gasteiger partial charge is 0.489 e. The van der Waals surface area contributed by atoms with Gasteiger partial charge in [0.25, 0.3) is 0 Å². The number of rotatable bonds is 4. The molecule has 1 aromatic carbocycles. The van der Waals surface area contributed by atoms with Gasteiger partial charge in [0, 0.05) is 6.08 Å². The summed E-state index contributed by atoms with van der Waals surface area (Å²) in [5.74, 6) is 0.606. The molecule has 1 fully saturated rings. The van der Waals surface area contributed by atoms with Crippen LogP contribution < -0.4 is 4.74 Å². The Bertz CT molecular complexity index is 467. The summed E-state index contributed by atoms with van der Waals surface area (Å²) < 4.78 is 5.82. The minimum absolute atomic E-state index is 0.220. The van der Waals surface area contributed by atoms with E-state index in [0.717, 1.165) is 19.0 Å². The van der Waals surface area contributed by atoms with Gasteiger partial charge < -0.3 is 4.74 Å². The Morgan fingerprint density at radius 3 is 2.78 bits per heavy atom. The van der Waals surface area contributed by atoms with Crippen LogP contribution >= 0.6 is 11.6 Å². The Labute approximate surface area is 110 Å². The third-order valence-corrected chi connectivity index (χ3v) is 3.25. The maximum Gasteiger partial charge on any atom is 0.235 e. The number of benzene rings is 1. The van der Waals surface area contributed by atoms with Gasteiger partial charge in [0.05, 0.1) is 16.0 Å². The highest BCUT2D eigenvalue weighted by molar-refractivity contribution is 6.32. The fourth-order valence-electron chi connectivity index (χ4n) is 2.05. The van der Waals surface area contributed by atoms with E-state index >= 15 is 0 Å². The minimum Gasteiger partial charge on any atom is -0.489 e. The van der Waals surface area contributed by atoms with Gasteiger partial charge >= 0.3 is 0 Å². The fourth-order valence-corrected chi connectivity index (χ4v) is 2.21. The van der Waals surface area contributed by atoms with E-state index in [4.69, 9.17) is 16.3 Å². The van der Waals surface area contributed by atoms with Crippen molar-refractivity contribution in [2.24, 2.45) is 0 Å². The maximum atomic E-state index is 10.3. The maximum absolute atomic E-state index is 10.3. The Balaban J connectivity index is 2.12. The molecule has 18 heavy (non-hydrogen) atoms. The number of hydrogen-bond donors (Lipinski definition) is 0. The fraction of sp³-hybridized carbons (Fsp3) is 0.385. The molecule has 0 amide bonds. The zero-order valence-electron chi connectivity index (χ0n) is 9.84. The second kappa shape index (κ2) is 5.87. The summed E-state index contributed by atoms with van der Waals surface area (Å²) >= 11 is 6.05. The van der Waals surface area contributed by atoms with Gasteiger partial charge in [0.15, 0.2) is 0 Å². The van der Waals surface area contributed by atoms with Gasteiger partial charge in [0.2, 0.25) is 6.20 Å². The number of ether oxygens (including phenoxy) is 1. The molecule has 0 aromatic heterocycles. The van der Waals surface area contributed by atoms with E-state index in [1.54, 1.807) is 18.2 Å². The van der Waals surface area contributed by atoms with Crippen molar-refractivity contribution in [3.05, 3.63) is 45.1 Å². The molecule has 0 atom stereocenters. The molecular weight excluding hydrogens is 254 g/mol. The van der Waals surface area contributed by atoms with E-state index in [9.17, 15) is 10.1 Å². The molecule has 1 aromatic rings. The molecule has 96 valence electrons. The molecule has 4 nitrogen and oxygen atoms in total. The molecule has 2 rings (SSSR count). The first-order chi connectivity index (χ1) is 8.65. The van der Waals surface area contributed by atoms with Gasteiger partial charge in [-0.15, -0.1) is 0 Å². The first-order valence-corrected chi connectivity index (χ1v) is 6.31. The summed E-state index contributed by atoms with van der Waals surface area (Å²) in [6.45, 7) is 0. The summed E-state index contributed by atoms with van der Waals surface area (Å²) in [5, 5.41) is 10.8. The van der Waals surface area contributed by atoms with Gasteiger partial charge in [0.1, 0.15) is 5.75 Å². The number of nitro groups is 1. The van der Waals surface area contributed by atoms with E-state index in [2.05, 4.69) is 0 Å². The Kier molecular flexibility index (Phi) is 4.20. The van der Waals surface area contributed by atoms with Crippen LogP contribution in [0.1, 0.15) is 31.2 Å². The molecular formula is C13H14ClNO3. The lowest BCUT2D eigenvalue weighted by molar-refractivity contribution is -0.400. The summed E-state index contributed by atoms with van der Waals surface area (Å²) in [7, 11) is 0. The summed E-state index contributed by atoms with van der Waals surface area (Å²) in [5.41, 5.74) is 0.712. The molecule has 1 aliphatic rings. The van der Waals surface area contributed by atoms with E-state index in [1.165, 1.54) is 18.9 Å². The lowest BCUT2D eigenvalue weighted by Gasteiger charge is -2.14. The third kappa shape index (κ3) is 3.47. The van der Waals surface area contributed by atoms with Crippen molar-refractivity contribution in [2.45, 2.75) is 31.8 Å². The zero-order chi connectivity index (χ0) is 13.0. The SMILES string of the molecule is O=[N+]([O-])C=Cc1ccc(Cl)c(OC2CCCC2)c1. The molecule has 5 heteroatoms. The molecule has 0 heterocycles. The second-order valence-corrected chi connectivity index (χ2v) is 4.72. The van der Waals surface area contributed by atoms with Crippen molar-refractivity contribution in [3.63, 3.8) is 0 Å². The van der Waals surface area contributed by atoms with Crippen LogP contribution in [0.2, 0.25) is 5.02 Å². The number of halogens is 1. The third-order valence-electron chi connectivity index (χ3n) is 2.94. The van der Waals surface area contributed by atoms with Crippen LogP contribution in [0.3, 0.4) is 0 Å². The highest BCUT2D eigenvalue weighted by atomic mass is 35.5. The summed E-state index contributed by atoms with van der Waals surface area (Å²) in [6.07, 6.45) is 7.01. The lowest BCUT2D eigenvalue weighted by Crippen LogP contribution is -2.11. The number of nitrogens with zero attached hydrogens (tertiary/aromatic N) is 1. The molecule has 0 spiro atoms. The Morgan fingerprint density at radius 2 is 2.11 bits per heavy atom. The summed E-state index contributed by atoms with van der Waals surface area (Å²) in [6, 6.07) is 5.16. The standard InChI is InChI=1S/C13H14ClNO3/c14-12-6-5-10(7-8-15(16)17)9-13(12)18-11-3-1-2-4-11/h5-9,11H,1-4H2. The molecule has 0 bridgehead atoms. The predicted molar refractivity (Wildman–Crippen MR) is 70.4 cm³/mol. The lowest BCUT2D eigenvalue weighted by atomic mass is 10.2. The van der Waals surface area contributed by atoms with Crippen LogP contribution in [0.15, 0.2) is 24.4 Å². The molecule has 1 aliphatic carbocycles.